The second-order valence-electron chi connectivity index (χ2n) is 5.00. The number of aliphatic hydroxyl groups excluding tert-OH is 1. The number of rotatable bonds is 4. The summed E-state index contributed by atoms with van der Waals surface area (Å²) in [7, 11) is 0. The molecule has 0 spiro atoms. The fraction of sp³-hybridized carbons (Fsp3) is 0.917. The molecule has 1 saturated heterocycles. The number of amides is 1. The minimum atomic E-state index is 0.132. The molecule has 4 nitrogen and oxygen atoms in total. The van der Waals surface area contributed by atoms with E-state index in [0.29, 0.717) is 12.6 Å². The zero-order chi connectivity index (χ0) is 11.4. The summed E-state index contributed by atoms with van der Waals surface area (Å²) in [5.41, 5.74) is 0. The van der Waals surface area contributed by atoms with Gasteiger partial charge < -0.3 is 10.4 Å². The van der Waals surface area contributed by atoms with Gasteiger partial charge in [0, 0.05) is 12.1 Å². The Labute approximate surface area is 97.0 Å². The Bertz CT molecular complexity index is 239. The van der Waals surface area contributed by atoms with Crippen molar-refractivity contribution in [3.8, 4) is 0 Å². The van der Waals surface area contributed by atoms with Crippen LogP contribution in [0, 0.1) is 0 Å². The molecule has 1 heterocycles. The molecule has 92 valence electrons. The highest BCUT2D eigenvalue weighted by Gasteiger charge is 2.26. The summed E-state index contributed by atoms with van der Waals surface area (Å²) >= 11 is 0. The normalized spacial score (nSPS) is 27.4. The number of carbonyl (C=O) groups is 1. The summed E-state index contributed by atoms with van der Waals surface area (Å²) in [6, 6.07) is 0.608. The van der Waals surface area contributed by atoms with Gasteiger partial charge in [0.25, 0.3) is 0 Å². The third kappa shape index (κ3) is 2.95. The number of hydrogen-bond donors (Lipinski definition) is 2. The van der Waals surface area contributed by atoms with E-state index in [1.165, 1.54) is 12.8 Å². The maximum absolute atomic E-state index is 11.8. The first kappa shape index (κ1) is 11.9. The first-order valence-electron chi connectivity index (χ1n) is 6.44. The molecule has 1 aliphatic carbocycles. The average Bonchev–Trinajstić information content (AvgIpc) is 2.88. The van der Waals surface area contributed by atoms with Crippen LogP contribution in [0.2, 0.25) is 0 Å². The van der Waals surface area contributed by atoms with Gasteiger partial charge in [-0.15, -0.1) is 0 Å². The van der Waals surface area contributed by atoms with E-state index < -0.39 is 0 Å². The molecule has 2 rings (SSSR count). The van der Waals surface area contributed by atoms with Gasteiger partial charge in [-0.1, -0.05) is 12.8 Å². The molecule has 2 N–H and O–H groups in total. The zero-order valence-electron chi connectivity index (χ0n) is 9.82. The standard InChI is InChI=1S/C12H22N2O2/c15-9-11-6-3-7-14(11)8-12(16)13-10-4-1-2-5-10/h10-11,15H,1-9H2,(H,13,16)/t11-/m1/s1. The van der Waals surface area contributed by atoms with E-state index in [9.17, 15) is 4.79 Å². The van der Waals surface area contributed by atoms with Gasteiger partial charge in [-0.05, 0) is 32.2 Å². The van der Waals surface area contributed by atoms with Gasteiger partial charge in [-0.2, -0.15) is 0 Å². The summed E-state index contributed by atoms with van der Waals surface area (Å²) in [6.45, 7) is 1.59. The van der Waals surface area contributed by atoms with E-state index in [4.69, 9.17) is 5.11 Å². The fourth-order valence-electron chi connectivity index (χ4n) is 2.84. The molecule has 2 aliphatic rings. The molecule has 2 fully saturated rings. The number of hydrogen-bond acceptors (Lipinski definition) is 3. The van der Waals surface area contributed by atoms with E-state index in [2.05, 4.69) is 10.2 Å². The van der Waals surface area contributed by atoms with Crippen molar-refractivity contribution >= 4 is 5.91 Å². The van der Waals surface area contributed by atoms with Crippen LogP contribution in [0.1, 0.15) is 38.5 Å². The third-order valence-electron chi connectivity index (χ3n) is 3.78. The van der Waals surface area contributed by atoms with Crippen LogP contribution < -0.4 is 5.32 Å². The van der Waals surface area contributed by atoms with Crippen molar-refractivity contribution in [2.45, 2.75) is 50.6 Å². The SMILES string of the molecule is O=C(CN1CCC[C@@H]1CO)NC1CCCC1. The van der Waals surface area contributed by atoms with Gasteiger partial charge in [0.1, 0.15) is 0 Å². The Hall–Kier alpha value is -0.610. The summed E-state index contributed by atoms with van der Waals surface area (Å²) in [6.07, 6.45) is 6.88. The van der Waals surface area contributed by atoms with E-state index >= 15 is 0 Å². The average molecular weight is 226 g/mol. The Morgan fingerprint density at radius 2 is 2.00 bits per heavy atom. The summed E-state index contributed by atoms with van der Waals surface area (Å²) in [4.78, 5) is 13.9. The molecule has 0 unspecified atom stereocenters. The molecule has 0 radical (unpaired) electrons. The highest BCUT2D eigenvalue weighted by Crippen LogP contribution is 2.18. The second-order valence-corrected chi connectivity index (χ2v) is 5.00. The van der Waals surface area contributed by atoms with Crippen LogP contribution in [0.4, 0.5) is 0 Å². The lowest BCUT2D eigenvalue weighted by Gasteiger charge is -2.23. The molecule has 0 bridgehead atoms. The number of nitrogens with one attached hydrogen (secondary N) is 1. The van der Waals surface area contributed by atoms with Gasteiger partial charge in [0.2, 0.25) is 5.91 Å². The highest BCUT2D eigenvalue weighted by atomic mass is 16.3. The van der Waals surface area contributed by atoms with Crippen LogP contribution in [0.25, 0.3) is 0 Å². The monoisotopic (exact) mass is 226 g/mol. The second kappa shape index (κ2) is 5.64. The number of aliphatic hydroxyl groups is 1. The molecule has 16 heavy (non-hydrogen) atoms. The number of carbonyl (C=O) groups excluding carboxylic acids is 1. The minimum absolute atomic E-state index is 0.132. The summed E-state index contributed by atoms with van der Waals surface area (Å²) in [5.74, 6) is 0.132. The van der Waals surface area contributed by atoms with Gasteiger partial charge in [-0.3, -0.25) is 9.69 Å². The molecule has 0 aromatic rings. The molecule has 0 aromatic carbocycles. The Balaban J connectivity index is 1.73. The molecule has 1 saturated carbocycles. The number of nitrogens with zero attached hydrogens (tertiary/aromatic N) is 1. The number of likely N-dealkylation sites (tertiary alicyclic amines) is 1. The van der Waals surface area contributed by atoms with E-state index in [1.807, 2.05) is 0 Å². The Morgan fingerprint density at radius 1 is 1.25 bits per heavy atom. The Kier molecular flexibility index (Phi) is 4.18. The van der Waals surface area contributed by atoms with Gasteiger partial charge in [-0.25, -0.2) is 0 Å². The van der Waals surface area contributed by atoms with E-state index in [0.717, 1.165) is 32.2 Å². The van der Waals surface area contributed by atoms with Crippen LogP contribution in [0.3, 0.4) is 0 Å². The van der Waals surface area contributed by atoms with Crippen molar-refractivity contribution in [1.82, 2.24) is 10.2 Å². The Morgan fingerprint density at radius 3 is 2.69 bits per heavy atom. The lowest BCUT2D eigenvalue weighted by Crippen LogP contribution is -2.43. The molecule has 1 atom stereocenters. The first-order chi connectivity index (χ1) is 7.79. The lowest BCUT2D eigenvalue weighted by atomic mass is 10.2. The molecular weight excluding hydrogens is 204 g/mol. The smallest absolute Gasteiger partial charge is 0.234 e. The van der Waals surface area contributed by atoms with E-state index in [-0.39, 0.29) is 18.6 Å². The van der Waals surface area contributed by atoms with Crippen molar-refractivity contribution in [2.24, 2.45) is 0 Å². The third-order valence-corrected chi connectivity index (χ3v) is 3.78. The summed E-state index contributed by atoms with van der Waals surface area (Å²) < 4.78 is 0. The predicted molar refractivity (Wildman–Crippen MR) is 62.1 cm³/mol. The molecule has 1 amide bonds. The minimum Gasteiger partial charge on any atom is -0.395 e. The molecule has 0 aromatic heterocycles. The van der Waals surface area contributed by atoms with Crippen molar-refractivity contribution in [1.29, 1.82) is 0 Å². The maximum atomic E-state index is 11.8. The van der Waals surface area contributed by atoms with Crippen molar-refractivity contribution in [3.63, 3.8) is 0 Å². The molecule has 1 aliphatic heterocycles. The van der Waals surface area contributed by atoms with Gasteiger partial charge in [0.15, 0.2) is 0 Å². The van der Waals surface area contributed by atoms with Crippen LogP contribution in [-0.2, 0) is 4.79 Å². The maximum Gasteiger partial charge on any atom is 0.234 e. The van der Waals surface area contributed by atoms with Crippen molar-refractivity contribution < 1.29 is 9.90 Å². The van der Waals surface area contributed by atoms with Gasteiger partial charge >= 0.3 is 0 Å². The van der Waals surface area contributed by atoms with Crippen molar-refractivity contribution in [2.75, 3.05) is 19.7 Å². The lowest BCUT2D eigenvalue weighted by molar-refractivity contribution is -0.123. The van der Waals surface area contributed by atoms with Crippen LogP contribution >= 0.6 is 0 Å². The molecule has 4 heteroatoms. The first-order valence-corrected chi connectivity index (χ1v) is 6.44. The largest absolute Gasteiger partial charge is 0.395 e. The van der Waals surface area contributed by atoms with E-state index in [1.54, 1.807) is 0 Å². The van der Waals surface area contributed by atoms with Crippen LogP contribution in [0.15, 0.2) is 0 Å². The fourth-order valence-corrected chi connectivity index (χ4v) is 2.84. The molecular formula is C12H22N2O2. The summed E-state index contributed by atoms with van der Waals surface area (Å²) in [5, 5.41) is 12.2. The topological polar surface area (TPSA) is 52.6 Å². The zero-order valence-corrected chi connectivity index (χ0v) is 9.82. The van der Waals surface area contributed by atoms with Crippen LogP contribution in [-0.4, -0.2) is 47.7 Å². The highest BCUT2D eigenvalue weighted by molar-refractivity contribution is 5.78. The quantitative estimate of drug-likeness (QED) is 0.734. The van der Waals surface area contributed by atoms with Gasteiger partial charge in [0.05, 0.1) is 13.2 Å². The van der Waals surface area contributed by atoms with Crippen LogP contribution in [0.5, 0.6) is 0 Å². The predicted octanol–water partition coefficient (Wildman–Crippen LogP) is 0.502. The van der Waals surface area contributed by atoms with Crippen molar-refractivity contribution in [3.05, 3.63) is 0 Å².